The molecule has 0 spiro atoms. The lowest BCUT2D eigenvalue weighted by atomic mass is 9.84. The van der Waals surface area contributed by atoms with Crippen LogP contribution in [0.1, 0.15) is 75.2 Å². The fourth-order valence-corrected chi connectivity index (χ4v) is 7.89. The Hall–Kier alpha value is -3.49. The maximum absolute atomic E-state index is 14.1. The highest BCUT2D eigenvalue weighted by molar-refractivity contribution is 7.90. The largest absolute Gasteiger partial charge is 0.399 e. The molecule has 0 aromatic heterocycles. The SMILES string of the molecule is CO[C@H]([C@@H](C)C(=O)NS(=O)(=O)c1ccc(N)cc1)[C@@H]1CCCN1C(=O)C(C)=C[C@H](C(C)C)N(C)C(=O)[C@@H](NC(=O)[C@H](C(C)C)N(C)C)C(C)(C)C. The predicted molar refractivity (Wildman–Crippen MR) is 200 cm³/mol. The van der Waals surface area contributed by atoms with Crippen LogP contribution in [0.2, 0.25) is 0 Å². The minimum Gasteiger partial charge on any atom is -0.399 e. The van der Waals surface area contributed by atoms with Gasteiger partial charge in [0.2, 0.25) is 23.6 Å². The van der Waals surface area contributed by atoms with E-state index < -0.39 is 57.5 Å². The Labute approximate surface area is 305 Å². The second-order valence-electron chi connectivity index (χ2n) is 15.7. The van der Waals surface area contributed by atoms with E-state index in [-0.39, 0.29) is 34.5 Å². The molecule has 0 unspecified atom stereocenters. The van der Waals surface area contributed by atoms with Gasteiger partial charge in [0.1, 0.15) is 6.04 Å². The number of nitrogens with zero attached hydrogens (tertiary/aromatic N) is 3. The molecule has 1 heterocycles. The van der Waals surface area contributed by atoms with Gasteiger partial charge in [0.25, 0.3) is 10.0 Å². The Bertz CT molecular complexity index is 1510. The number of amides is 4. The number of nitrogen functional groups attached to an aromatic ring is 1. The normalized spacial score (nSPS) is 18.7. The van der Waals surface area contributed by atoms with Crippen LogP contribution in [-0.2, 0) is 33.9 Å². The zero-order chi connectivity index (χ0) is 39.2. The molecule has 6 atom stereocenters. The number of hydrogen-bond donors (Lipinski definition) is 3. The zero-order valence-electron chi connectivity index (χ0n) is 32.8. The monoisotopic (exact) mass is 734 g/mol. The minimum absolute atomic E-state index is 0.0283. The third-order valence-corrected chi connectivity index (χ3v) is 11.0. The Morgan fingerprint density at radius 1 is 0.980 bits per heavy atom. The lowest BCUT2D eigenvalue weighted by molar-refractivity contribution is -0.141. The molecular weight excluding hydrogens is 673 g/mol. The molecule has 1 saturated heterocycles. The minimum atomic E-state index is -4.16. The number of likely N-dealkylation sites (N-methyl/N-ethyl adjacent to an activating group) is 2. The highest BCUT2D eigenvalue weighted by Gasteiger charge is 2.42. The van der Waals surface area contributed by atoms with Crippen molar-refractivity contribution in [3.63, 3.8) is 0 Å². The summed E-state index contributed by atoms with van der Waals surface area (Å²) in [6.45, 7) is 17.3. The van der Waals surface area contributed by atoms with E-state index in [1.165, 1.54) is 31.4 Å². The maximum atomic E-state index is 14.1. The van der Waals surface area contributed by atoms with Crippen LogP contribution in [-0.4, -0.2) is 112 Å². The van der Waals surface area contributed by atoms with Gasteiger partial charge in [-0.15, -0.1) is 0 Å². The second kappa shape index (κ2) is 17.8. The molecule has 1 aliphatic rings. The summed E-state index contributed by atoms with van der Waals surface area (Å²) in [5, 5.41) is 3.03. The third kappa shape index (κ3) is 11.0. The van der Waals surface area contributed by atoms with Crippen LogP contribution < -0.4 is 15.8 Å². The van der Waals surface area contributed by atoms with Crippen molar-refractivity contribution in [2.75, 3.05) is 40.5 Å². The zero-order valence-corrected chi connectivity index (χ0v) is 33.6. The summed E-state index contributed by atoms with van der Waals surface area (Å²) in [6, 6.07) is 3.31. The number of carbonyl (C=O) groups excluding carboxylic acids is 4. The van der Waals surface area contributed by atoms with Crippen LogP contribution in [0.3, 0.4) is 0 Å². The van der Waals surface area contributed by atoms with E-state index in [4.69, 9.17) is 10.5 Å². The van der Waals surface area contributed by atoms with Crippen molar-refractivity contribution in [2.24, 2.45) is 23.2 Å². The molecule has 0 radical (unpaired) electrons. The Morgan fingerprint density at radius 2 is 1.55 bits per heavy atom. The van der Waals surface area contributed by atoms with E-state index in [1.807, 2.05) is 67.5 Å². The number of sulfonamides is 1. The van der Waals surface area contributed by atoms with E-state index in [2.05, 4.69) is 10.0 Å². The maximum Gasteiger partial charge on any atom is 0.264 e. The number of benzene rings is 1. The van der Waals surface area contributed by atoms with Crippen LogP contribution in [0.5, 0.6) is 0 Å². The van der Waals surface area contributed by atoms with E-state index in [0.29, 0.717) is 30.6 Å². The van der Waals surface area contributed by atoms with Gasteiger partial charge >= 0.3 is 0 Å². The fourth-order valence-electron chi connectivity index (χ4n) is 6.83. The molecule has 13 nitrogen and oxygen atoms in total. The number of nitrogens with two attached hydrogens (primary N) is 1. The molecule has 1 aromatic rings. The third-order valence-electron chi connectivity index (χ3n) is 9.64. The van der Waals surface area contributed by atoms with E-state index in [9.17, 15) is 27.6 Å². The van der Waals surface area contributed by atoms with Gasteiger partial charge < -0.3 is 25.6 Å². The quantitative estimate of drug-likeness (QED) is 0.181. The summed E-state index contributed by atoms with van der Waals surface area (Å²) >= 11 is 0. The molecule has 0 aliphatic carbocycles. The highest BCUT2D eigenvalue weighted by atomic mass is 32.2. The summed E-state index contributed by atoms with van der Waals surface area (Å²) in [4.78, 5) is 59.8. The van der Waals surface area contributed by atoms with Gasteiger partial charge in [-0.25, -0.2) is 13.1 Å². The lowest BCUT2D eigenvalue weighted by Gasteiger charge is -2.39. The number of carbonyl (C=O) groups is 4. The van der Waals surface area contributed by atoms with Gasteiger partial charge in [-0.1, -0.05) is 61.5 Å². The van der Waals surface area contributed by atoms with Crippen LogP contribution in [0.4, 0.5) is 5.69 Å². The first kappa shape index (κ1) is 43.7. The van der Waals surface area contributed by atoms with E-state index >= 15 is 0 Å². The topological polar surface area (TPSA) is 171 Å². The Kier molecular flexibility index (Phi) is 15.3. The van der Waals surface area contributed by atoms with Crippen LogP contribution in [0.15, 0.2) is 40.8 Å². The molecule has 4 N–H and O–H groups in total. The molecule has 1 aromatic carbocycles. The van der Waals surface area contributed by atoms with Crippen LogP contribution in [0, 0.1) is 23.2 Å². The number of anilines is 1. The van der Waals surface area contributed by atoms with Gasteiger partial charge in [0.05, 0.1) is 35.0 Å². The smallest absolute Gasteiger partial charge is 0.264 e. The van der Waals surface area contributed by atoms with Crippen LogP contribution >= 0.6 is 0 Å². The predicted octanol–water partition coefficient (Wildman–Crippen LogP) is 3.26. The average molecular weight is 735 g/mol. The molecule has 2 rings (SSSR count). The molecule has 0 bridgehead atoms. The van der Waals surface area contributed by atoms with Gasteiger partial charge in [-0.3, -0.25) is 24.1 Å². The van der Waals surface area contributed by atoms with Crippen molar-refractivity contribution in [1.29, 1.82) is 0 Å². The number of ether oxygens (including phenoxy) is 1. The first-order chi connectivity index (χ1) is 23.5. The number of methoxy groups -OCH3 is 1. The van der Waals surface area contributed by atoms with Crippen molar-refractivity contribution in [3.05, 3.63) is 35.9 Å². The van der Waals surface area contributed by atoms with Gasteiger partial charge in [-0.2, -0.15) is 0 Å². The summed E-state index contributed by atoms with van der Waals surface area (Å²) in [6.07, 6.45) is 2.23. The van der Waals surface area contributed by atoms with Gasteiger partial charge in [0, 0.05) is 32.0 Å². The molecule has 51 heavy (non-hydrogen) atoms. The van der Waals surface area contributed by atoms with Crippen molar-refractivity contribution in [2.45, 2.75) is 110 Å². The fraction of sp³-hybridized carbons (Fsp3) is 0.676. The van der Waals surface area contributed by atoms with Crippen molar-refractivity contribution in [1.82, 2.24) is 24.7 Å². The second-order valence-corrected chi connectivity index (χ2v) is 17.4. The van der Waals surface area contributed by atoms with Gasteiger partial charge in [0.15, 0.2) is 0 Å². The molecule has 1 aliphatic heterocycles. The van der Waals surface area contributed by atoms with Gasteiger partial charge in [-0.05, 0) is 75.4 Å². The van der Waals surface area contributed by atoms with E-state index in [0.717, 1.165) is 0 Å². The molecular formula is C37H62N6O7S. The first-order valence-electron chi connectivity index (χ1n) is 17.6. The number of hydrogen-bond acceptors (Lipinski definition) is 9. The summed E-state index contributed by atoms with van der Waals surface area (Å²) in [5.41, 5.74) is 5.89. The first-order valence-corrected chi connectivity index (χ1v) is 19.1. The molecule has 1 fully saturated rings. The standard InChI is InChI=1S/C37H62N6O7S/c1-22(2)29(42(12)36(47)32(37(7,8)9)39-34(45)30(23(3)4)41(10)11)21-24(5)35(46)43-20-14-15-28(43)31(50-13)25(6)33(44)40-51(48,49)27-18-16-26(38)17-19-27/h16-19,21-23,25,28-32H,14-15,20,38H2,1-13H3,(H,39,45)(H,40,44)/t25-,28+,29-,30+,31-,32-/m1/s1. The lowest BCUT2D eigenvalue weighted by Crippen LogP contribution is -2.59. The van der Waals surface area contributed by atoms with Crippen molar-refractivity contribution >= 4 is 39.3 Å². The van der Waals surface area contributed by atoms with E-state index in [1.54, 1.807) is 36.8 Å². The summed E-state index contributed by atoms with van der Waals surface area (Å²) < 4.78 is 33.7. The number of rotatable bonds is 15. The Morgan fingerprint density at radius 3 is 2.02 bits per heavy atom. The molecule has 14 heteroatoms. The van der Waals surface area contributed by atoms with Crippen LogP contribution in [0.25, 0.3) is 0 Å². The summed E-state index contributed by atoms with van der Waals surface area (Å²) in [7, 11) is 2.65. The number of nitrogens with one attached hydrogen (secondary N) is 2. The van der Waals surface area contributed by atoms with Crippen molar-refractivity contribution < 1.29 is 32.3 Å². The molecule has 4 amide bonds. The molecule has 288 valence electrons. The average Bonchev–Trinajstić information content (AvgIpc) is 3.50. The Balaban J connectivity index is 2.32. The molecule has 0 saturated carbocycles. The summed E-state index contributed by atoms with van der Waals surface area (Å²) in [5.74, 6) is -2.47. The number of likely N-dealkylation sites (tertiary alicyclic amines) is 1. The highest BCUT2D eigenvalue weighted by Crippen LogP contribution is 2.29. The van der Waals surface area contributed by atoms with Crippen molar-refractivity contribution in [3.8, 4) is 0 Å².